The first-order valence-electron chi connectivity index (χ1n) is 14.6. The number of nitrogens with one attached hydrogen (secondary N) is 1. The molecule has 0 radical (unpaired) electrons. The summed E-state index contributed by atoms with van der Waals surface area (Å²) in [7, 11) is 0. The zero-order valence-corrected chi connectivity index (χ0v) is 24.4. The molecule has 3 saturated heterocycles. The van der Waals surface area contributed by atoms with E-state index >= 15 is 4.39 Å². The lowest BCUT2D eigenvalue weighted by atomic mass is 9.80. The molecule has 5 N–H and O–H groups in total. The second-order valence-corrected chi connectivity index (χ2v) is 11.7. The molecule has 2 amide bonds. The number of hydrogen-bond acceptors (Lipinski definition) is 8. The molecule has 4 heterocycles. The van der Waals surface area contributed by atoms with Crippen LogP contribution in [0.15, 0.2) is 66.7 Å². The highest BCUT2D eigenvalue weighted by atomic mass is 19.1. The van der Waals surface area contributed by atoms with E-state index in [2.05, 4.69) is 27.3 Å². The van der Waals surface area contributed by atoms with Crippen LogP contribution in [0.3, 0.4) is 0 Å². The number of epoxide rings is 1. The molecule has 6 rings (SSSR count). The van der Waals surface area contributed by atoms with Crippen LogP contribution in [-0.4, -0.2) is 47.0 Å². The van der Waals surface area contributed by atoms with Crippen molar-refractivity contribution in [2.24, 2.45) is 11.5 Å². The van der Waals surface area contributed by atoms with Gasteiger partial charge in [-0.15, -0.1) is 0 Å². The third kappa shape index (κ3) is 5.36. The van der Waals surface area contributed by atoms with Crippen LogP contribution in [0.2, 0.25) is 0 Å². The van der Waals surface area contributed by atoms with E-state index in [9.17, 15) is 9.59 Å². The normalized spacial score (nSPS) is 26.3. The highest BCUT2D eigenvalue weighted by Crippen LogP contribution is 2.61. The number of piperidine rings is 2. The Kier molecular flexibility index (Phi) is 7.43. The monoisotopic (exact) mass is 585 g/mol. The van der Waals surface area contributed by atoms with Crippen molar-refractivity contribution in [3.05, 3.63) is 94.8 Å². The number of rotatable bonds is 8. The molecule has 224 valence electrons. The Bertz CT molecular complexity index is 1650. The summed E-state index contributed by atoms with van der Waals surface area (Å²) < 4.78 is 27.8. The van der Waals surface area contributed by atoms with Crippen LogP contribution in [0, 0.1) is 5.82 Å². The number of likely N-dealkylation sites (tertiary alicyclic amines) is 1. The maximum atomic E-state index is 16.2. The van der Waals surface area contributed by atoms with Crippen LogP contribution in [0.25, 0.3) is 16.6 Å². The molecule has 3 aliphatic heterocycles. The first-order valence-corrected chi connectivity index (χ1v) is 14.6. The molecule has 0 spiro atoms. The van der Waals surface area contributed by atoms with Crippen molar-refractivity contribution >= 4 is 28.4 Å². The molecule has 3 aromatic rings. The number of nitrogens with zero attached hydrogens (tertiary/aromatic N) is 2. The molecule has 3 atom stereocenters. The zero-order chi connectivity index (χ0) is 30.4. The summed E-state index contributed by atoms with van der Waals surface area (Å²) in [6, 6.07) is 13.4. The van der Waals surface area contributed by atoms with E-state index in [1.807, 2.05) is 32.0 Å². The van der Waals surface area contributed by atoms with Gasteiger partial charge in [-0.1, -0.05) is 30.3 Å². The fraction of sp³-hybridized carbons (Fsp3) is 0.364. The lowest BCUT2D eigenvalue weighted by Gasteiger charge is -2.33. The Labute approximate surface area is 249 Å². The molecule has 0 bridgehead atoms. The SMILES string of the molecule is CCO/C(N)=C/C=C(\N)c1ccc(CN2CCC3(c4ccc5ncc(C6CCC(=O)NC6=O)cc5c4F)OC3(C)C2)cc1. The van der Waals surface area contributed by atoms with Gasteiger partial charge in [0.05, 0.1) is 18.0 Å². The molecule has 10 heteroatoms. The molecular weight excluding hydrogens is 549 g/mol. The highest BCUT2D eigenvalue weighted by molar-refractivity contribution is 6.01. The summed E-state index contributed by atoms with van der Waals surface area (Å²) in [5.74, 6) is -1.23. The largest absolute Gasteiger partial charge is 0.480 e. The van der Waals surface area contributed by atoms with E-state index in [0.29, 0.717) is 59.6 Å². The van der Waals surface area contributed by atoms with Crippen molar-refractivity contribution in [3.63, 3.8) is 0 Å². The average molecular weight is 586 g/mol. The van der Waals surface area contributed by atoms with Gasteiger partial charge in [0.2, 0.25) is 11.8 Å². The molecule has 43 heavy (non-hydrogen) atoms. The molecule has 0 aliphatic carbocycles. The molecule has 3 fully saturated rings. The van der Waals surface area contributed by atoms with Gasteiger partial charge < -0.3 is 20.9 Å². The van der Waals surface area contributed by atoms with Crippen LogP contribution in [0.5, 0.6) is 0 Å². The van der Waals surface area contributed by atoms with Crippen molar-refractivity contribution in [1.82, 2.24) is 15.2 Å². The van der Waals surface area contributed by atoms with Crippen molar-refractivity contribution in [1.29, 1.82) is 0 Å². The van der Waals surface area contributed by atoms with Crippen LogP contribution in [0.1, 0.15) is 61.3 Å². The smallest absolute Gasteiger partial charge is 0.234 e. The zero-order valence-electron chi connectivity index (χ0n) is 24.4. The van der Waals surface area contributed by atoms with Gasteiger partial charge in [-0.3, -0.25) is 24.8 Å². The number of halogens is 1. The molecule has 2 aromatic carbocycles. The Balaban J connectivity index is 1.16. The first kappa shape index (κ1) is 28.8. The van der Waals surface area contributed by atoms with E-state index in [-0.39, 0.29) is 24.1 Å². The summed E-state index contributed by atoms with van der Waals surface area (Å²) in [6.45, 7) is 6.53. The van der Waals surface area contributed by atoms with Gasteiger partial charge >= 0.3 is 0 Å². The maximum Gasteiger partial charge on any atom is 0.234 e. The predicted molar refractivity (Wildman–Crippen MR) is 160 cm³/mol. The number of benzene rings is 2. The van der Waals surface area contributed by atoms with Crippen molar-refractivity contribution in [2.75, 3.05) is 19.7 Å². The number of carbonyl (C=O) groups is 2. The van der Waals surface area contributed by atoms with Gasteiger partial charge in [0.1, 0.15) is 17.0 Å². The second-order valence-electron chi connectivity index (χ2n) is 11.7. The Hall–Kier alpha value is -4.28. The topological polar surface area (TPSA) is 136 Å². The molecule has 0 saturated carbocycles. The van der Waals surface area contributed by atoms with Gasteiger partial charge in [-0.2, -0.15) is 0 Å². The number of amides is 2. The quantitative estimate of drug-likeness (QED) is 0.157. The van der Waals surface area contributed by atoms with Crippen LogP contribution < -0.4 is 16.8 Å². The molecule has 3 aliphatic rings. The van der Waals surface area contributed by atoms with E-state index < -0.39 is 17.1 Å². The molecule has 9 nitrogen and oxygen atoms in total. The van der Waals surface area contributed by atoms with Crippen LogP contribution in [0.4, 0.5) is 4.39 Å². The number of ether oxygens (including phenoxy) is 2. The number of carbonyl (C=O) groups excluding carboxylic acids is 2. The lowest BCUT2D eigenvalue weighted by Crippen LogP contribution is -2.44. The summed E-state index contributed by atoms with van der Waals surface area (Å²) in [6.07, 6.45) is 6.26. The number of aromatic nitrogens is 1. The van der Waals surface area contributed by atoms with Gasteiger partial charge in [0, 0.05) is 48.9 Å². The summed E-state index contributed by atoms with van der Waals surface area (Å²) >= 11 is 0. The average Bonchev–Trinajstić information content (AvgIpc) is 3.62. The minimum absolute atomic E-state index is 0.250. The molecule has 1 aromatic heterocycles. The standard InChI is InChI=1S/C33H36FN5O4/c1-3-42-28(36)12-10-26(35)21-6-4-20(5-7-21)18-39-15-14-33(32(2,19-39)43-33)25-9-11-27-24(30(25)34)16-22(17-37-27)23-8-13-29(40)38-31(23)41/h4-7,9-12,16-17,23H,3,8,13-15,18-19,35-36H2,1-2H3,(H,38,40,41)/b26-10-,28-12+. The first-order chi connectivity index (χ1) is 20.6. The highest BCUT2D eigenvalue weighted by Gasteiger charge is 2.70. The minimum Gasteiger partial charge on any atom is -0.480 e. The van der Waals surface area contributed by atoms with E-state index in [1.165, 1.54) is 0 Å². The number of hydrogen-bond donors (Lipinski definition) is 3. The molecule has 3 unspecified atom stereocenters. The lowest BCUT2D eigenvalue weighted by molar-refractivity contribution is -0.134. The van der Waals surface area contributed by atoms with E-state index in [0.717, 1.165) is 24.2 Å². The third-order valence-electron chi connectivity index (χ3n) is 8.85. The van der Waals surface area contributed by atoms with Gasteiger partial charge in [0.15, 0.2) is 5.88 Å². The Morgan fingerprint density at radius 2 is 2.00 bits per heavy atom. The number of imide groups is 1. The Morgan fingerprint density at radius 3 is 2.72 bits per heavy atom. The van der Waals surface area contributed by atoms with Crippen molar-refractivity contribution in [3.8, 4) is 0 Å². The summed E-state index contributed by atoms with van der Waals surface area (Å²) in [5, 5.41) is 2.73. The number of pyridine rings is 1. The van der Waals surface area contributed by atoms with Crippen molar-refractivity contribution in [2.45, 2.75) is 56.8 Å². The Morgan fingerprint density at radius 1 is 1.21 bits per heavy atom. The predicted octanol–water partition coefficient (Wildman–Crippen LogP) is 3.92. The number of fused-ring (bicyclic) bond motifs is 2. The van der Waals surface area contributed by atoms with Crippen LogP contribution >= 0.6 is 0 Å². The van der Waals surface area contributed by atoms with Crippen LogP contribution in [-0.2, 0) is 31.2 Å². The van der Waals surface area contributed by atoms with E-state index in [1.54, 1.807) is 30.5 Å². The third-order valence-corrected chi connectivity index (χ3v) is 8.85. The van der Waals surface area contributed by atoms with E-state index in [4.69, 9.17) is 20.9 Å². The van der Waals surface area contributed by atoms with Gasteiger partial charge in [0.25, 0.3) is 0 Å². The number of nitrogens with two attached hydrogens (primary N) is 2. The second kappa shape index (κ2) is 11.1. The van der Waals surface area contributed by atoms with Crippen molar-refractivity contribution < 1.29 is 23.5 Å². The van der Waals surface area contributed by atoms with Gasteiger partial charge in [-0.05, 0) is 67.7 Å². The summed E-state index contributed by atoms with van der Waals surface area (Å²) in [4.78, 5) is 30.8. The fourth-order valence-electron chi connectivity index (χ4n) is 6.50. The maximum absolute atomic E-state index is 16.2. The van der Waals surface area contributed by atoms with Gasteiger partial charge in [-0.25, -0.2) is 4.39 Å². The summed E-state index contributed by atoms with van der Waals surface area (Å²) in [5.41, 5.74) is 15.0. The fourth-order valence-corrected chi connectivity index (χ4v) is 6.50. The number of allylic oxidation sites excluding steroid dienone is 2. The minimum atomic E-state index is -0.716. The molecular formula is C33H36FN5O4.